The summed E-state index contributed by atoms with van der Waals surface area (Å²) in [6.07, 6.45) is 0.846. The molecule has 4 nitrogen and oxygen atoms in total. The van der Waals surface area contributed by atoms with E-state index in [1.165, 1.54) is 0 Å². The van der Waals surface area contributed by atoms with Crippen molar-refractivity contribution in [3.05, 3.63) is 22.8 Å². The van der Waals surface area contributed by atoms with Crippen LogP contribution in [0.2, 0.25) is 5.02 Å². The summed E-state index contributed by atoms with van der Waals surface area (Å²) in [6, 6.07) is 3.73. The summed E-state index contributed by atoms with van der Waals surface area (Å²) >= 11 is 6.23. The van der Waals surface area contributed by atoms with Gasteiger partial charge in [0.1, 0.15) is 17.0 Å². The van der Waals surface area contributed by atoms with E-state index >= 15 is 0 Å². The smallest absolute Gasteiger partial charge is 0.149 e. The molecular weight excluding hydrogens is 264 g/mol. The summed E-state index contributed by atoms with van der Waals surface area (Å²) in [5, 5.41) is 4.51. The van der Waals surface area contributed by atoms with Crippen LogP contribution >= 0.6 is 11.6 Å². The third-order valence-electron chi connectivity index (χ3n) is 3.06. The summed E-state index contributed by atoms with van der Waals surface area (Å²) in [5.74, 6) is 1.25. The van der Waals surface area contributed by atoms with Crippen molar-refractivity contribution in [2.75, 3.05) is 26.6 Å². The molecule has 1 N–H and O–H groups in total. The fourth-order valence-corrected chi connectivity index (χ4v) is 2.38. The number of halogens is 1. The minimum absolute atomic E-state index is 0.509. The Morgan fingerprint density at radius 1 is 1.26 bits per heavy atom. The Balaban J connectivity index is 2.93. The molecule has 0 spiro atoms. The largest absolute Gasteiger partial charge is 0.494 e. The molecule has 5 heteroatoms. The van der Waals surface area contributed by atoms with Crippen LogP contribution in [0.3, 0.4) is 0 Å². The van der Waals surface area contributed by atoms with Gasteiger partial charge < -0.3 is 14.8 Å². The van der Waals surface area contributed by atoms with Gasteiger partial charge in [-0.1, -0.05) is 18.5 Å². The molecule has 0 aliphatic rings. The molecule has 0 bridgehead atoms. The number of hydrogen-bond donors (Lipinski definition) is 1. The van der Waals surface area contributed by atoms with Crippen LogP contribution in [0.4, 0.5) is 5.69 Å². The predicted molar refractivity (Wildman–Crippen MR) is 78.8 cm³/mol. The summed E-state index contributed by atoms with van der Waals surface area (Å²) in [5.41, 5.74) is 2.67. The Morgan fingerprint density at radius 3 is 2.53 bits per heavy atom. The highest BCUT2D eigenvalue weighted by Crippen LogP contribution is 2.42. The molecule has 102 valence electrons. The quantitative estimate of drug-likeness (QED) is 0.931. The highest BCUT2D eigenvalue weighted by molar-refractivity contribution is 6.34. The maximum absolute atomic E-state index is 6.23. The topological polar surface area (TPSA) is 43.4 Å². The van der Waals surface area contributed by atoms with Crippen LogP contribution < -0.4 is 14.8 Å². The predicted octanol–water partition coefficient (Wildman–Crippen LogP) is 3.51. The highest BCUT2D eigenvalue weighted by Gasteiger charge is 2.17. The van der Waals surface area contributed by atoms with Crippen LogP contribution in [-0.2, 0) is 6.42 Å². The van der Waals surface area contributed by atoms with Gasteiger partial charge in [-0.3, -0.25) is 0 Å². The molecule has 1 heterocycles. The number of pyridine rings is 1. The molecule has 0 fully saturated rings. The maximum Gasteiger partial charge on any atom is 0.149 e. The average Bonchev–Trinajstić information content (AvgIpc) is 2.45. The second kappa shape index (κ2) is 5.53. The minimum atomic E-state index is 0.509. The number of aryl methyl sites for hydroxylation is 1. The molecule has 1 aromatic carbocycles. The fourth-order valence-electron chi connectivity index (χ4n) is 2.11. The van der Waals surface area contributed by atoms with E-state index in [-0.39, 0.29) is 0 Å². The highest BCUT2D eigenvalue weighted by atomic mass is 35.5. The number of hydrogen-bond acceptors (Lipinski definition) is 4. The van der Waals surface area contributed by atoms with Crippen molar-refractivity contribution in [3.8, 4) is 11.5 Å². The van der Waals surface area contributed by atoms with Gasteiger partial charge in [-0.2, -0.15) is 0 Å². The van der Waals surface area contributed by atoms with E-state index in [9.17, 15) is 0 Å². The first-order valence-corrected chi connectivity index (χ1v) is 6.45. The normalized spacial score (nSPS) is 10.6. The zero-order valence-corrected chi connectivity index (χ0v) is 12.3. The first-order chi connectivity index (χ1) is 9.15. The number of ether oxygens (including phenoxy) is 2. The lowest BCUT2D eigenvalue weighted by atomic mass is 10.1. The Hall–Kier alpha value is -1.68. The van der Waals surface area contributed by atoms with E-state index < -0.39 is 0 Å². The molecule has 0 radical (unpaired) electrons. The maximum atomic E-state index is 6.23. The second-order valence-corrected chi connectivity index (χ2v) is 4.49. The Labute approximate surface area is 117 Å². The molecule has 0 unspecified atom stereocenters. The van der Waals surface area contributed by atoms with E-state index in [1.807, 2.05) is 13.1 Å². The molecule has 19 heavy (non-hydrogen) atoms. The Kier molecular flexibility index (Phi) is 4.00. The Morgan fingerprint density at radius 2 is 2.00 bits per heavy atom. The minimum Gasteiger partial charge on any atom is -0.494 e. The zero-order valence-electron chi connectivity index (χ0n) is 11.5. The third-order valence-corrected chi connectivity index (χ3v) is 3.34. The zero-order chi connectivity index (χ0) is 14.0. The van der Waals surface area contributed by atoms with Crippen molar-refractivity contribution in [2.45, 2.75) is 13.3 Å². The monoisotopic (exact) mass is 280 g/mol. The van der Waals surface area contributed by atoms with Crippen molar-refractivity contribution in [3.63, 3.8) is 0 Å². The van der Waals surface area contributed by atoms with Gasteiger partial charge in [-0.25, -0.2) is 4.98 Å². The van der Waals surface area contributed by atoms with E-state index in [0.717, 1.165) is 28.7 Å². The molecular formula is C14H17ClN2O2. The van der Waals surface area contributed by atoms with Crippen LogP contribution in [0.1, 0.15) is 12.6 Å². The summed E-state index contributed by atoms with van der Waals surface area (Å²) < 4.78 is 10.8. The lowest BCUT2D eigenvalue weighted by Crippen LogP contribution is -2.00. The number of nitrogens with one attached hydrogen (secondary N) is 1. The van der Waals surface area contributed by atoms with Crippen molar-refractivity contribution < 1.29 is 9.47 Å². The molecule has 0 saturated carbocycles. The number of anilines is 1. The molecule has 0 amide bonds. The van der Waals surface area contributed by atoms with Gasteiger partial charge >= 0.3 is 0 Å². The number of fused-ring (bicyclic) bond motifs is 1. The number of benzene rings is 1. The Bertz CT molecular complexity index is 614. The lowest BCUT2D eigenvalue weighted by Gasteiger charge is -2.15. The number of methoxy groups -OCH3 is 2. The summed E-state index contributed by atoms with van der Waals surface area (Å²) in [6.45, 7) is 2.06. The lowest BCUT2D eigenvalue weighted by molar-refractivity contribution is 0.410. The van der Waals surface area contributed by atoms with Crippen LogP contribution in [0, 0.1) is 0 Å². The van der Waals surface area contributed by atoms with Gasteiger partial charge in [0, 0.05) is 24.5 Å². The number of rotatable bonds is 4. The molecule has 0 aliphatic heterocycles. The van der Waals surface area contributed by atoms with Crippen LogP contribution in [0.5, 0.6) is 11.5 Å². The van der Waals surface area contributed by atoms with Crippen molar-refractivity contribution >= 4 is 28.2 Å². The van der Waals surface area contributed by atoms with E-state index in [2.05, 4.69) is 17.2 Å². The van der Waals surface area contributed by atoms with Crippen LogP contribution in [-0.4, -0.2) is 26.3 Å². The van der Waals surface area contributed by atoms with Crippen molar-refractivity contribution in [2.24, 2.45) is 0 Å². The van der Waals surface area contributed by atoms with Crippen molar-refractivity contribution in [1.82, 2.24) is 4.98 Å². The van der Waals surface area contributed by atoms with E-state index in [0.29, 0.717) is 16.5 Å². The molecule has 2 rings (SSSR count). The molecule has 0 saturated heterocycles. The number of nitrogens with zero attached hydrogens (tertiary/aromatic N) is 1. The van der Waals surface area contributed by atoms with Crippen LogP contribution in [0.15, 0.2) is 12.1 Å². The summed E-state index contributed by atoms with van der Waals surface area (Å²) in [7, 11) is 5.07. The third kappa shape index (κ3) is 2.28. The molecule has 1 aromatic heterocycles. The molecule has 0 atom stereocenters. The molecule has 2 aromatic rings. The number of aromatic nitrogens is 1. The second-order valence-electron chi connectivity index (χ2n) is 4.08. The van der Waals surface area contributed by atoms with Gasteiger partial charge in [0.25, 0.3) is 0 Å². The van der Waals surface area contributed by atoms with Gasteiger partial charge in [0.15, 0.2) is 0 Å². The van der Waals surface area contributed by atoms with E-state index in [1.54, 1.807) is 20.3 Å². The average molecular weight is 281 g/mol. The first-order valence-electron chi connectivity index (χ1n) is 6.08. The first kappa shape index (κ1) is 13.7. The van der Waals surface area contributed by atoms with Gasteiger partial charge in [0.2, 0.25) is 0 Å². The van der Waals surface area contributed by atoms with Gasteiger partial charge in [0.05, 0.1) is 24.6 Å². The van der Waals surface area contributed by atoms with Gasteiger partial charge in [-0.15, -0.1) is 0 Å². The van der Waals surface area contributed by atoms with Crippen LogP contribution in [0.25, 0.3) is 10.9 Å². The fraction of sp³-hybridized carbons (Fsp3) is 0.357. The van der Waals surface area contributed by atoms with Crippen molar-refractivity contribution in [1.29, 1.82) is 0 Å². The van der Waals surface area contributed by atoms with E-state index in [4.69, 9.17) is 21.1 Å². The summed E-state index contributed by atoms with van der Waals surface area (Å²) in [4.78, 5) is 4.62. The molecule has 0 aliphatic carbocycles. The standard InChI is InChI=1S/C14H17ClN2O2/c1-5-8-6-10(16-2)12-13(17-8)11(18-3)7-9(15)14(12)19-4/h6-7H,5H2,1-4H3,(H,16,17). The van der Waals surface area contributed by atoms with Gasteiger partial charge in [-0.05, 0) is 12.5 Å². The SMILES string of the molecule is CCc1cc(NC)c2c(OC)c(Cl)cc(OC)c2n1.